The molecule has 0 bridgehead atoms. The molecular weight excluding hydrogens is 261 g/mol. The molecule has 1 aromatic rings. The number of hydrogen-bond donors (Lipinski definition) is 2. The van der Waals surface area contributed by atoms with E-state index in [2.05, 4.69) is 17.2 Å². The van der Waals surface area contributed by atoms with Gasteiger partial charge in [0.05, 0.1) is 5.56 Å². The summed E-state index contributed by atoms with van der Waals surface area (Å²) in [7, 11) is 1.46. The number of anilines is 1. The summed E-state index contributed by atoms with van der Waals surface area (Å²) in [5.41, 5.74) is -0.452. The van der Waals surface area contributed by atoms with Gasteiger partial charge in [-0.05, 0) is 31.5 Å². The lowest BCUT2D eigenvalue weighted by Crippen LogP contribution is -2.41. The number of amides is 1. The maximum atomic E-state index is 13.7. The summed E-state index contributed by atoms with van der Waals surface area (Å²) in [5, 5.41) is 11.2. The molecule has 108 valence electrons. The molecule has 0 aliphatic rings. The lowest BCUT2D eigenvalue weighted by atomic mass is 10.0. The maximum absolute atomic E-state index is 13.7. The van der Waals surface area contributed by atoms with Crippen molar-refractivity contribution in [3.63, 3.8) is 0 Å². The van der Waals surface area contributed by atoms with Crippen LogP contribution in [0.25, 0.3) is 0 Å². The summed E-state index contributed by atoms with van der Waals surface area (Å²) in [6, 6.07) is 4.18. The Morgan fingerprint density at radius 2 is 2.25 bits per heavy atom. The van der Waals surface area contributed by atoms with Gasteiger partial charge in [0.1, 0.15) is 18.0 Å². The summed E-state index contributed by atoms with van der Waals surface area (Å²) in [6.45, 7) is 3.16. The molecule has 4 nitrogen and oxygen atoms in total. The number of benzene rings is 1. The third kappa shape index (κ3) is 3.80. The minimum absolute atomic E-state index is 0.169. The van der Waals surface area contributed by atoms with Crippen LogP contribution >= 0.6 is 0 Å². The minimum atomic E-state index is -0.953. The first-order valence-electron chi connectivity index (χ1n) is 6.22. The van der Waals surface area contributed by atoms with E-state index >= 15 is 0 Å². The summed E-state index contributed by atoms with van der Waals surface area (Å²) in [5.74, 6) is 3.96. The van der Waals surface area contributed by atoms with Gasteiger partial charge in [0, 0.05) is 12.8 Å². The van der Waals surface area contributed by atoms with Crippen LogP contribution in [0, 0.1) is 17.7 Å². The topological polar surface area (TPSA) is 58.6 Å². The van der Waals surface area contributed by atoms with Crippen LogP contribution in [-0.4, -0.2) is 30.3 Å². The van der Waals surface area contributed by atoms with E-state index in [0.717, 1.165) is 0 Å². The Balaban J connectivity index is 2.90. The van der Waals surface area contributed by atoms with Crippen LogP contribution in [0.4, 0.5) is 10.1 Å². The van der Waals surface area contributed by atoms with Crippen LogP contribution in [0.15, 0.2) is 18.2 Å². The van der Waals surface area contributed by atoms with Gasteiger partial charge in [-0.3, -0.25) is 4.79 Å². The summed E-state index contributed by atoms with van der Waals surface area (Å²) in [4.78, 5) is 12.0. The number of methoxy groups -OCH3 is 1. The lowest BCUT2D eigenvalue weighted by molar-refractivity contribution is -0.136. The molecule has 20 heavy (non-hydrogen) atoms. The van der Waals surface area contributed by atoms with Crippen molar-refractivity contribution in [3.05, 3.63) is 29.6 Å². The van der Waals surface area contributed by atoms with E-state index in [9.17, 15) is 9.18 Å². The molecule has 1 amide bonds. The normalized spacial score (nSPS) is 13.1. The number of aliphatic hydroxyl groups excluding tert-OH is 1. The Bertz CT molecular complexity index is 542. The van der Waals surface area contributed by atoms with Crippen LogP contribution in [0.1, 0.15) is 25.8 Å². The van der Waals surface area contributed by atoms with Gasteiger partial charge in [-0.15, -0.1) is 0 Å². The number of halogens is 1. The Morgan fingerprint density at radius 1 is 1.55 bits per heavy atom. The van der Waals surface area contributed by atoms with Crippen molar-refractivity contribution in [1.29, 1.82) is 0 Å². The summed E-state index contributed by atoms with van der Waals surface area (Å²) in [6.07, 6.45) is 0.498. The fourth-order valence-electron chi connectivity index (χ4n) is 1.49. The predicted molar refractivity (Wildman–Crippen MR) is 74.7 cm³/mol. The SMILES string of the molecule is CCC(C)(OC)C(=O)Nc1ccc(C#CCO)c(F)c1. The second kappa shape index (κ2) is 7.04. The van der Waals surface area contributed by atoms with Crippen LogP contribution in [0.3, 0.4) is 0 Å². The molecule has 1 atom stereocenters. The van der Waals surface area contributed by atoms with Crippen molar-refractivity contribution >= 4 is 11.6 Å². The number of nitrogens with one attached hydrogen (secondary N) is 1. The molecule has 1 unspecified atom stereocenters. The highest BCUT2D eigenvalue weighted by Gasteiger charge is 2.30. The van der Waals surface area contributed by atoms with Crippen molar-refractivity contribution in [1.82, 2.24) is 0 Å². The van der Waals surface area contributed by atoms with Crippen LogP contribution < -0.4 is 5.32 Å². The largest absolute Gasteiger partial charge is 0.384 e. The first kappa shape index (κ1) is 16.2. The quantitative estimate of drug-likeness (QED) is 0.828. The van der Waals surface area contributed by atoms with Gasteiger partial charge in [-0.1, -0.05) is 18.8 Å². The molecule has 0 aromatic heterocycles. The number of hydrogen-bond acceptors (Lipinski definition) is 3. The zero-order valence-electron chi connectivity index (χ0n) is 11.8. The van der Waals surface area contributed by atoms with Crippen molar-refractivity contribution < 1.29 is 19.0 Å². The highest BCUT2D eigenvalue weighted by Crippen LogP contribution is 2.19. The molecule has 0 aliphatic carbocycles. The van der Waals surface area contributed by atoms with Gasteiger partial charge in [-0.2, -0.15) is 0 Å². The highest BCUT2D eigenvalue weighted by molar-refractivity contribution is 5.97. The average Bonchev–Trinajstić information content (AvgIpc) is 2.45. The lowest BCUT2D eigenvalue weighted by Gasteiger charge is -2.25. The smallest absolute Gasteiger partial charge is 0.256 e. The molecule has 0 radical (unpaired) electrons. The van der Waals surface area contributed by atoms with Gasteiger partial charge in [-0.25, -0.2) is 4.39 Å². The standard InChI is InChI=1S/C15H18FNO3/c1-4-15(2,20-3)14(19)17-12-8-7-11(6-5-9-18)13(16)10-12/h7-8,10,18H,4,9H2,1-3H3,(H,17,19). The fraction of sp³-hybridized carbons (Fsp3) is 0.400. The molecule has 5 heteroatoms. The molecule has 0 saturated heterocycles. The molecule has 2 N–H and O–H groups in total. The van der Waals surface area contributed by atoms with E-state index in [-0.39, 0.29) is 18.1 Å². The monoisotopic (exact) mass is 279 g/mol. The van der Waals surface area contributed by atoms with Crippen molar-refractivity contribution in [2.75, 3.05) is 19.0 Å². The minimum Gasteiger partial charge on any atom is -0.384 e. The van der Waals surface area contributed by atoms with Gasteiger partial charge >= 0.3 is 0 Å². The molecule has 1 aromatic carbocycles. The number of ether oxygens (including phenoxy) is 1. The van der Waals surface area contributed by atoms with Crippen LogP contribution in [0.2, 0.25) is 0 Å². The predicted octanol–water partition coefficient (Wildman–Crippen LogP) is 1.92. The van der Waals surface area contributed by atoms with Crippen molar-refractivity contribution in [3.8, 4) is 11.8 Å². The number of carbonyl (C=O) groups excluding carboxylic acids is 1. The number of carbonyl (C=O) groups is 1. The van der Waals surface area contributed by atoms with Gasteiger partial charge in [0.2, 0.25) is 0 Å². The van der Waals surface area contributed by atoms with Crippen molar-refractivity contribution in [2.24, 2.45) is 0 Å². The molecule has 0 saturated carbocycles. The number of rotatable bonds is 4. The maximum Gasteiger partial charge on any atom is 0.256 e. The second-order valence-corrected chi connectivity index (χ2v) is 4.40. The van der Waals surface area contributed by atoms with E-state index in [0.29, 0.717) is 12.1 Å². The molecule has 0 heterocycles. The average molecular weight is 279 g/mol. The van der Waals surface area contributed by atoms with Crippen LogP contribution in [-0.2, 0) is 9.53 Å². The zero-order chi connectivity index (χ0) is 15.2. The van der Waals surface area contributed by atoms with E-state index in [1.54, 1.807) is 13.0 Å². The van der Waals surface area contributed by atoms with E-state index in [4.69, 9.17) is 9.84 Å². The van der Waals surface area contributed by atoms with E-state index in [1.807, 2.05) is 6.92 Å². The van der Waals surface area contributed by atoms with Crippen LogP contribution in [0.5, 0.6) is 0 Å². The van der Waals surface area contributed by atoms with Gasteiger partial charge in [0.25, 0.3) is 5.91 Å². The second-order valence-electron chi connectivity index (χ2n) is 4.40. The van der Waals surface area contributed by atoms with Gasteiger partial charge in [0.15, 0.2) is 0 Å². The van der Waals surface area contributed by atoms with Crippen molar-refractivity contribution in [2.45, 2.75) is 25.9 Å². The van der Waals surface area contributed by atoms with Gasteiger partial charge < -0.3 is 15.2 Å². The first-order chi connectivity index (χ1) is 9.46. The third-order valence-electron chi connectivity index (χ3n) is 3.13. The van der Waals surface area contributed by atoms with E-state index in [1.165, 1.54) is 19.2 Å². The third-order valence-corrected chi connectivity index (χ3v) is 3.13. The number of aliphatic hydroxyl groups is 1. The zero-order valence-corrected chi connectivity index (χ0v) is 11.8. The molecule has 0 fully saturated rings. The first-order valence-corrected chi connectivity index (χ1v) is 6.22. The highest BCUT2D eigenvalue weighted by atomic mass is 19.1. The molecular formula is C15H18FNO3. The Labute approximate surface area is 117 Å². The Hall–Kier alpha value is -1.90. The summed E-state index contributed by atoms with van der Waals surface area (Å²) >= 11 is 0. The molecule has 0 aliphatic heterocycles. The Morgan fingerprint density at radius 3 is 2.75 bits per heavy atom. The Kier molecular flexibility index (Phi) is 5.68. The molecule has 0 spiro atoms. The van der Waals surface area contributed by atoms with E-state index < -0.39 is 11.4 Å². The fourth-order valence-corrected chi connectivity index (χ4v) is 1.49. The molecule has 1 rings (SSSR count). The summed E-state index contributed by atoms with van der Waals surface area (Å²) < 4.78 is 18.9.